The lowest BCUT2D eigenvalue weighted by atomic mass is 10.2. The van der Waals surface area contributed by atoms with Crippen molar-refractivity contribution in [3.8, 4) is 5.75 Å². The monoisotopic (exact) mass is 467 g/mol. The molecule has 1 aromatic heterocycles. The number of benzene rings is 2. The SMILES string of the molecule is Cc1cc(Cl)ccc1OCc1nnc(SCC(=O)Nc2cccc(Br)c2)o1. The van der Waals surface area contributed by atoms with Gasteiger partial charge in [-0.3, -0.25) is 4.79 Å². The van der Waals surface area contributed by atoms with Crippen LogP contribution in [0.3, 0.4) is 0 Å². The fraction of sp³-hybridized carbons (Fsp3) is 0.167. The van der Waals surface area contributed by atoms with E-state index in [-0.39, 0.29) is 18.3 Å². The van der Waals surface area contributed by atoms with E-state index in [2.05, 4.69) is 31.4 Å². The number of anilines is 1. The van der Waals surface area contributed by atoms with Crippen LogP contribution in [0.2, 0.25) is 5.02 Å². The van der Waals surface area contributed by atoms with Crippen molar-refractivity contribution >= 4 is 50.9 Å². The lowest BCUT2D eigenvalue weighted by Crippen LogP contribution is -2.13. The highest BCUT2D eigenvalue weighted by Gasteiger charge is 2.11. The molecule has 1 heterocycles. The number of aryl methyl sites for hydroxylation is 1. The number of amides is 1. The summed E-state index contributed by atoms with van der Waals surface area (Å²) in [5.41, 5.74) is 1.63. The van der Waals surface area contributed by atoms with Gasteiger partial charge in [-0.1, -0.05) is 45.4 Å². The van der Waals surface area contributed by atoms with Crippen LogP contribution in [0, 0.1) is 6.92 Å². The average Bonchev–Trinajstić information content (AvgIpc) is 3.07. The maximum atomic E-state index is 12.0. The number of hydrogen-bond donors (Lipinski definition) is 1. The summed E-state index contributed by atoms with van der Waals surface area (Å²) in [5, 5.41) is 11.6. The zero-order valence-corrected chi connectivity index (χ0v) is 17.4. The molecule has 0 aliphatic rings. The van der Waals surface area contributed by atoms with Gasteiger partial charge in [-0.05, 0) is 48.9 Å². The van der Waals surface area contributed by atoms with Crippen molar-refractivity contribution in [3.05, 3.63) is 63.4 Å². The minimum Gasteiger partial charge on any atom is -0.484 e. The van der Waals surface area contributed by atoms with Gasteiger partial charge in [-0.15, -0.1) is 10.2 Å². The van der Waals surface area contributed by atoms with E-state index >= 15 is 0 Å². The zero-order chi connectivity index (χ0) is 19.2. The van der Waals surface area contributed by atoms with Crippen molar-refractivity contribution in [2.24, 2.45) is 0 Å². The molecule has 1 N–H and O–H groups in total. The van der Waals surface area contributed by atoms with Crippen LogP contribution in [0.1, 0.15) is 11.5 Å². The summed E-state index contributed by atoms with van der Waals surface area (Å²) in [6.45, 7) is 2.04. The van der Waals surface area contributed by atoms with Crippen molar-refractivity contribution in [3.63, 3.8) is 0 Å². The maximum Gasteiger partial charge on any atom is 0.277 e. The molecular weight excluding hydrogens is 454 g/mol. The first-order valence-electron chi connectivity index (χ1n) is 7.89. The Labute approximate surface area is 173 Å². The van der Waals surface area contributed by atoms with Gasteiger partial charge in [0, 0.05) is 15.2 Å². The number of carbonyl (C=O) groups excluding carboxylic acids is 1. The Kier molecular flexibility index (Phi) is 6.76. The molecule has 0 unspecified atom stereocenters. The summed E-state index contributed by atoms with van der Waals surface area (Å²) in [7, 11) is 0. The first-order valence-corrected chi connectivity index (χ1v) is 10.0. The molecule has 0 aliphatic carbocycles. The molecule has 9 heteroatoms. The fourth-order valence-electron chi connectivity index (χ4n) is 2.16. The van der Waals surface area contributed by atoms with E-state index in [1.165, 1.54) is 0 Å². The molecular formula is C18H15BrClN3O3S. The molecule has 0 spiro atoms. The molecule has 0 saturated carbocycles. The maximum absolute atomic E-state index is 12.0. The number of hydrogen-bond acceptors (Lipinski definition) is 6. The van der Waals surface area contributed by atoms with Gasteiger partial charge in [-0.2, -0.15) is 0 Å². The van der Waals surface area contributed by atoms with Crippen LogP contribution in [0.5, 0.6) is 5.75 Å². The highest BCUT2D eigenvalue weighted by Crippen LogP contribution is 2.23. The fourth-order valence-corrected chi connectivity index (χ4v) is 3.37. The van der Waals surface area contributed by atoms with E-state index in [0.717, 1.165) is 21.8 Å². The topological polar surface area (TPSA) is 77.2 Å². The summed E-state index contributed by atoms with van der Waals surface area (Å²) >= 11 is 10.4. The van der Waals surface area contributed by atoms with Gasteiger partial charge in [0.1, 0.15) is 5.75 Å². The molecule has 0 aliphatic heterocycles. The largest absolute Gasteiger partial charge is 0.484 e. The Hall–Kier alpha value is -2.03. The molecule has 0 radical (unpaired) electrons. The van der Waals surface area contributed by atoms with Crippen LogP contribution >= 0.6 is 39.3 Å². The predicted molar refractivity (Wildman–Crippen MR) is 108 cm³/mol. The number of nitrogens with zero attached hydrogens (tertiary/aromatic N) is 2. The Morgan fingerprint density at radius 3 is 2.93 bits per heavy atom. The van der Waals surface area contributed by atoms with E-state index < -0.39 is 0 Å². The second-order valence-electron chi connectivity index (χ2n) is 5.51. The van der Waals surface area contributed by atoms with Crippen LogP contribution in [0.4, 0.5) is 5.69 Å². The van der Waals surface area contributed by atoms with Gasteiger partial charge in [0.25, 0.3) is 11.1 Å². The van der Waals surface area contributed by atoms with Gasteiger partial charge >= 0.3 is 0 Å². The van der Waals surface area contributed by atoms with Crippen molar-refractivity contribution in [1.29, 1.82) is 0 Å². The van der Waals surface area contributed by atoms with Crippen molar-refractivity contribution < 1.29 is 13.9 Å². The standard InChI is InChI=1S/C18H15BrClN3O3S/c1-11-7-13(20)5-6-15(11)25-9-17-22-23-18(26-17)27-10-16(24)21-14-4-2-3-12(19)8-14/h2-8H,9-10H2,1H3,(H,21,24). The normalized spacial score (nSPS) is 10.6. The van der Waals surface area contributed by atoms with E-state index in [1.54, 1.807) is 12.1 Å². The summed E-state index contributed by atoms with van der Waals surface area (Å²) in [6.07, 6.45) is 0. The predicted octanol–water partition coefficient (Wildman–Crippen LogP) is 5.10. The van der Waals surface area contributed by atoms with E-state index in [1.807, 2.05) is 37.3 Å². The average molecular weight is 469 g/mol. The molecule has 0 bridgehead atoms. The van der Waals surface area contributed by atoms with Crippen molar-refractivity contribution in [2.75, 3.05) is 11.1 Å². The quantitative estimate of drug-likeness (QED) is 0.486. The highest BCUT2D eigenvalue weighted by molar-refractivity contribution is 9.10. The van der Waals surface area contributed by atoms with Crippen LogP contribution in [-0.4, -0.2) is 21.9 Å². The van der Waals surface area contributed by atoms with Gasteiger partial charge < -0.3 is 14.5 Å². The Morgan fingerprint density at radius 1 is 1.30 bits per heavy atom. The number of thioether (sulfide) groups is 1. The first kappa shape index (κ1) is 19.7. The van der Waals surface area contributed by atoms with Gasteiger partial charge in [0.2, 0.25) is 5.91 Å². The molecule has 0 saturated heterocycles. The molecule has 3 rings (SSSR count). The summed E-state index contributed by atoms with van der Waals surface area (Å²) in [6, 6.07) is 12.7. The Bertz CT molecular complexity index is 951. The molecule has 3 aromatic rings. The summed E-state index contributed by atoms with van der Waals surface area (Å²) in [4.78, 5) is 12.0. The van der Waals surface area contributed by atoms with Crippen molar-refractivity contribution in [1.82, 2.24) is 10.2 Å². The van der Waals surface area contributed by atoms with Crippen LogP contribution in [0.15, 0.2) is 56.6 Å². The number of carbonyl (C=O) groups is 1. The lowest BCUT2D eigenvalue weighted by Gasteiger charge is -2.06. The molecule has 0 atom stereocenters. The minimum absolute atomic E-state index is 0.139. The van der Waals surface area contributed by atoms with E-state index in [9.17, 15) is 4.79 Å². The number of halogens is 2. The van der Waals surface area contributed by atoms with Crippen LogP contribution < -0.4 is 10.1 Å². The van der Waals surface area contributed by atoms with Gasteiger partial charge in [-0.25, -0.2) is 0 Å². The second kappa shape index (κ2) is 9.25. The molecule has 0 fully saturated rings. The molecule has 1 amide bonds. The third-order valence-corrected chi connectivity index (χ3v) is 4.92. The first-order chi connectivity index (χ1) is 13.0. The van der Waals surface area contributed by atoms with E-state index in [0.29, 0.717) is 27.6 Å². The number of ether oxygens (including phenoxy) is 1. The molecule has 140 valence electrons. The number of nitrogens with one attached hydrogen (secondary N) is 1. The Morgan fingerprint density at radius 2 is 2.15 bits per heavy atom. The smallest absolute Gasteiger partial charge is 0.277 e. The number of rotatable bonds is 7. The molecule has 6 nitrogen and oxygen atoms in total. The molecule has 27 heavy (non-hydrogen) atoms. The van der Waals surface area contributed by atoms with Gasteiger partial charge in [0.05, 0.1) is 5.75 Å². The third-order valence-electron chi connectivity index (χ3n) is 3.37. The van der Waals surface area contributed by atoms with Crippen molar-refractivity contribution in [2.45, 2.75) is 18.8 Å². The van der Waals surface area contributed by atoms with Crippen LogP contribution in [0.25, 0.3) is 0 Å². The van der Waals surface area contributed by atoms with E-state index in [4.69, 9.17) is 20.8 Å². The summed E-state index contributed by atoms with van der Waals surface area (Å²) in [5.74, 6) is 1.02. The van der Waals surface area contributed by atoms with Gasteiger partial charge in [0.15, 0.2) is 6.61 Å². The number of aromatic nitrogens is 2. The third kappa shape index (κ3) is 5.98. The summed E-state index contributed by atoms with van der Waals surface area (Å²) < 4.78 is 12.0. The van der Waals surface area contributed by atoms with Crippen LogP contribution in [-0.2, 0) is 11.4 Å². The highest BCUT2D eigenvalue weighted by atomic mass is 79.9. The molecule has 2 aromatic carbocycles. The Balaban J connectivity index is 1.48. The zero-order valence-electron chi connectivity index (χ0n) is 14.2. The minimum atomic E-state index is -0.161. The second-order valence-corrected chi connectivity index (χ2v) is 7.79. The lowest BCUT2D eigenvalue weighted by molar-refractivity contribution is -0.113.